The number of hydrogen-bond acceptors (Lipinski definition) is 6. The van der Waals surface area contributed by atoms with Gasteiger partial charge in [-0.15, -0.1) is 0 Å². The molecule has 0 bridgehead atoms. The Morgan fingerprint density at radius 1 is 1.36 bits per heavy atom. The van der Waals surface area contributed by atoms with Gasteiger partial charge < -0.3 is 21.3 Å². The fourth-order valence-corrected chi connectivity index (χ4v) is 0.847. The number of esters is 2. The van der Waals surface area contributed by atoms with Crippen molar-refractivity contribution < 1.29 is 19.4 Å². The van der Waals surface area contributed by atoms with E-state index in [1.54, 1.807) is 0 Å². The molecule has 0 amide bonds. The summed E-state index contributed by atoms with van der Waals surface area (Å²) in [7, 11) is 0. The number of ether oxygens (including phenoxy) is 1. The van der Waals surface area contributed by atoms with Crippen molar-refractivity contribution in [2.45, 2.75) is 25.3 Å². The van der Waals surface area contributed by atoms with Gasteiger partial charge in [-0.3, -0.25) is 0 Å². The lowest BCUT2D eigenvalue weighted by atomic mass is 10.1. The smallest absolute Gasteiger partial charge is 0.339 e. The first kappa shape index (κ1) is 13.0. The molecule has 0 unspecified atom stereocenters. The van der Waals surface area contributed by atoms with Gasteiger partial charge >= 0.3 is 11.9 Å². The minimum atomic E-state index is -0.982. The Labute approximate surface area is 82.2 Å². The zero-order valence-electron chi connectivity index (χ0n) is 7.94. The summed E-state index contributed by atoms with van der Waals surface area (Å²) in [4.78, 5) is 21.5. The number of aliphatic hydroxyl groups is 1. The zero-order chi connectivity index (χ0) is 11.0. The standard InChI is InChI=1S/C8H16N2O4/c9-4-2-1-3-6(10)8(13)14-7(12)5-11/h6,11H,1-5,9-10H2/t6-/m0/s1. The molecule has 6 nitrogen and oxygen atoms in total. The summed E-state index contributed by atoms with van der Waals surface area (Å²) in [6.45, 7) is -0.279. The van der Waals surface area contributed by atoms with Crippen LogP contribution in [0.1, 0.15) is 19.3 Å². The van der Waals surface area contributed by atoms with Crippen molar-refractivity contribution in [3.05, 3.63) is 0 Å². The fraction of sp³-hybridized carbons (Fsp3) is 0.750. The van der Waals surface area contributed by atoms with Gasteiger partial charge in [-0.25, -0.2) is 9.59 Å². The first-order valence-corrected chi connectivity index (χ1v) is 4.42. The monoisotopic (exact) mass is 204 g/mol. The van der Waals surface area contributed by atoms with Gasteiger partial charge in [-0.05, 0) is 19.4 Å². The maximum Gasteiger partial charge on any atom is 0.339 e. The highest BCUT2D eigenvalue weighted by Gasteiger charge is 2.17. The van der Waals surface area contributed by atoms with E-state index in [2.05, 4.69) is 4.74 Å². The Hall–Kier alpha value is -0.980. The highest BCUT2D eigenvalue weighted by molar-refractivity contribution is 5.88. The Morgan fingerprint density at radius 3 is 2.50 bits per heavy atom. The summed E-state index contributed by atoms with van der Waals surface area (Å²) < 4.78 is 4.21. The van der Waals surface area contributed by atoms with Crippen molar-refractivity contribution in [1.29, 1.82) is 0 Å². The Balaban J connectivity index is 3.70. The van der Waals surface area contributed by atoms with Gasteiger partial charge in [0.15, 0.2) is 0 Å². The molecular formula is C8H16N2O4. The average molecular weight is 204 g/mol. The molecule has 0 saturated carbocycles. The summed E-state index contributed by atoms with van der Waals surface area (Å²) in [6.07, 6.45) is 1.91. The Morgan fingerprint density at radius 2 is 2.00 bits per heavy atom. The molecule has 14 heavy (non-hydrogen) atoms. The maximum absolute atomic E-state index is 11.0. The van der Waals surface area contributed by atoms with Crippen molar-refractivity contribution in [3.63, 3.8) is 0 Å². The normalized spacial score (nSPS) is 12.2. The largest absolute Gasteiger partial charge is 0.390 e. The molecule has 0 spiro atoms. The molecule has 1 atom stereocenters. The molecule has 6 heteroatoms. The third kappa shape index (κ3) is 5.63. The van der Waals surface area contributed by atoms with Gasteiger partial charge in [0.05, 0.1) is 0 Å². The van der Waals surface area contributed by atoms with E-state index in [9.17, 15) is 9.59 Å². The van der Waals surface area contributed by atoms with Crippen LogP contribution in [-0.2, 0) is 14.3 Å². The highest BCUT2D eigenvalue weighted by atomic mass is 16.6. The Bertz CT molecular complexity index is 196. The van der Waals surface area contributed by atoms with Gasteiger partial charge in [-0.1, -0.05) is 6.42 Å². The van der Waals surface area contributed by atoms with Gasteiger partial charge in [-0.2, -0.15) is 0 Å². The second-order valence-electron chi connectivity index (χ2n) is 2.84. The molecule has 0 aromatic heterocycles. The van der Waals surface area contributed by atoms with E-state index in [1.165, 1.54) is 0 Å². The molecule has 0 rings (SSSR count). The number of aliphatic hydroxyl groups excluding tert-OH is 1. The van der Waals surface area contributed by atoms with Crippen LogP contribution in [0.15, 0.2) is 0 Å². The van der Waals surface area contributed by atoms with Crippen LogP contribution in [-0.4, -0.2) is 36.2 Å². The van der Waals surface area contributed by atoms with Crippen LogP contribution in [0.4, 0.5) is 0 Å². The van der Waals surface area contributed by atoms with Crippen LogP contribution in [0.3, 0.4) is 0 Å². The average Bonchev–Trinajstić information content (AvgIpc) is 2.17. The van der Waals surface area contributed by atoms with Crippen molar-refractivity contribution in [2.75, 3.05) is 13.2 Å². The molecule has 0 aliphatic rings. The molecule has 0 heterocycles. The Kier molecular flexibility index (Phi) is 6.91. The van der Waals surface area contributed by atoms with Crippen LogP contribution in [0.5, 0.6) is 0 Å². The number of hydrogen-bond donors (Lipinski definition) is 3. The quantitative estimate of drug-likeness (QED) is 0.275. The van der Waals surface area contributed by atoms with Crippen LogP contribution >= 0.6 is 0 Å². The van der Waals surface area contributed by atoms with E-state index in [4.69, 9.17) is 16.6 Å². The van der Waals surface area contributed by atoms with Crippen LogP contribution < -0.4 is 11.5 Å². The lowest BCUT2D eigenvalue weighted by molar-refractivity contribution is -0.162. The second-order valence-corrected chi connectivity index (χ2v) is 2.84. The molecule has 0 fully saturated rings. The summed E-state index contributed by atoms with van der Waals surface area (Å²) in [6, 6.07) is -0.822. The van der Waals surface area contributed by atoms with E-state index in [0.717, 1.165) is 6.42 Å². The summed E-state index contributed by atoms with van der Waals surface area (Å²) in [5.41, 5.74) is 10.7. The zero-order valence-corrected chi connectivity index (χ0v) is 7.94. The molecule has 0 aliphatic carbocycles. The van der Waals surface area contributed by atoms with Gasteiger partial charge in [0, 0.05) is 0 Å². The fourth-order valence-electron chi connectivity index (χ4n) is 0.847. The second kappa shape index (κ2) is 7.43. The van der Waals surface area contributed by atoms with Crippen LogP contribution in [0.25, 0.3) is 0 Å². The number of carbonyl (C=O) groups is 2. The van der Waals surface area contributed by atoms with Crippen LogP contribution in [0.2, 0.25) is 0 Å². The molecule has 82 valence electrons. The van der Waals surface area contributed by atoms with E-state index < -0.39 is 24.6 Å². The summed E-state index contributed by atoms with van der Waals surface area (Å²) in [5.74, 6) is -1.79. The predicted molar refractivity (Wildman–Crippen MR) is 49.1 cm³/mol. The van der Waals surface area contributed by atoms with Crippen molar-refractivity contribution in [3.8, 4) is 0 Å². The minimum absolute atomic E-state index is 0.425. The third-order valence-electron chi connectivity index (χ3n) is 1.62. The number of carbonyl (C=O) groups excluding carboxylic acids is 2. The molecule has 5 N–H and O–H groups in total. The molecular weight excluding hydrogens is 188 g/mol. The number of unbranched alkanes of at least 4 members (excludes halogenated alkanes) is 1. The molecule has 0 saturated heterocycles. The number of rotatable bonds is 6. The SMILES string of the molecule is NCCCC[C@H](N)C(=O)OC(=O)CO. The van der Waals surface area contributed by atoms with Gasteiger partial charge in [0.2, 0.25) is 0 Å². The van der Waals surface area contributed by atoms with E-state index in [1.807, 2.05) is 0 Å². The minimum Gasteiger partial charge on any atom is -0.390 e. The highest BCUT2D eigenvalue weighted by Crippen LogP contribution is 1.99. The summed E-state index contributed by atoms with van der Waals surface area (Å²) in [5, 5.41) is 8.30. The van der Waals surface area contributed by atoms with E-state index in [-0.39, 0.29) is 0 Å². The van der Waals surface area contributed by atoms with E-state index >= 15 is 0 Å². The van der Waals surface area contributed by atoms with Crippen LogP contribution in [0, 0.1) is 0 Å². The molecule has 0 aliphatic heterocycles. The first-order valence-electron chi connectivity index (χ1n) is 4.42. The maximum atomic E-state index is 11.0. The molecule has 0 aromatic carbocycles. The topological polar surface area (TPSA) is 116 Å². The first-order chi connectivity index (χ1) is 6.61. The molecule has 0 radical (unpaired) electrons. The van der Waals surface area contributed by atoms with E-state index in [0.29, 0.717) is 19.4 Å². The third-order valence-corrected chi connectivity index (χ3v) is 1.62. The van der Waals surface area contributed by atoms with Crippen molar-refractivity contribution in [2.24, 2.45) is 11.5 Å². The lowest BCUT2D eigenvalue weighted by Crippen LogP contribution is -2.34. The molecule has 0 aromatic rings. The predicted octanol–water partition coefficient (Wildman–Crippen LogP) is -1.50. The van der Waals surface area contributed by atoms with Crippen molar-refractivity contribution in [1.82, 2.24) is 0 Å². The number of nitrogens with two attached hydrogens (primary N) is 2. The van der Waals surface area contributed by atoms with Crippen molar-refractivity contribution >= 4 is 11.9 Å². The van der Waals surface area contributed by atoms with Gasteiger partial charge in [0.1, 0.15) is 12.6 Å². The lowest BCUT2D eigenvalue weighted by Gasteiger charge is -2.08. The van der Waals surface area contributed by atoms with Gasteiger partial charge in [0.25, 0.3) is 0 Å². The summed E-state index contributed by atoms with van der Waals surface area (Å²) >= 11 is 0.